The monoisotopic (exact) mass is 435 g/mol. The fourth-order valence-corrected chi connectivity index (χ4v) is 3.89. The Labute approximate surface area is 192 Å². The second-order valence-electron chi connectivity index (χ2n) is 8.24. The van der Waals surface area contributed by atoms with E-state index in [-0.39, 0.29) is 5.91 Å². The Hall–Kier alpha value is -2.82. The molecule has 1 heterocycles. The van der Waals surface area contributed by atoms with Crippen LogP contribution in [0.2, 0.25) is 0 Å². The van der Waals surface area contributed by atoms with Crippen molar-refractivity contribution in [2.75, 3.05) is 13.2 Å². The molecule has 32 heavy (non-hydrogen) atoms. The lowest BCUT2D eigenvalue weighted by molar-refractivity contribution is -0.120. The van der Waals surface area contributed by atoms with E-state index >= 15 is 0 Å². The fraction of sp³-hybridized carbons (Fsp3) is 0.481. The first-order valence-corrected chi connectivity index (χ1v) is 12.1. The molecule has 3 aromatic rings. The number of fused-ring (bicyclic) bond motifs is 1. The van der Waals surface area contributed by atoms with E-state index in [1.54, 1.807) is 0 Å². The van der Waals surface area contributed by atoms with Crippen LogP contribution in [0.15, 0.2) is 48.5 Å². The average molecular weight is 436 g/mol. The highest BCUT2D eigenvalue weighted by Gasteiger charge is 2.10. The van der Waals surface area contributed by atoms with E-state index in [1.165, 1.54) is 16.9 Å². The first-order chi connectivity index (χ1) is 15.7. The third-order valence-electron chi connectivity index (χ3n) is 5.83. The summed E-state index contributed by atoms with van der Waals surface area (Å²) < 4.78 is 8.29. The van der Waals surface area contributed by atoms with Crippen LogP contribution in [0.25, 0.3) is 11.0 Å². The Balaban J connectivity index is 1.46. The van der Waals surface area contributed by atoms with Gasteiger partial charge in [-0.1, -0.05) is 44.5 Å². The number of nitrogens with zero attached hydrogens (tertiary/aromatic N) is 2. The van der Waals surface area contributed by atoms with Crippen molar-refractivity contribution in [2.45, 2.75) is 71.8 Å². The summed E-state index contributed by atoms with van der Waals surface area (Å²) in [5.74, 6) is 2.25. The Kier molecular flexibility index (Phi) is 9.60. The van der Waals surface area contributed by atoms with Gasteiger partial charge in [0.1, 0.15) is 11.6 Å². The molecule has 172 valence electrons. The lowest BCUT2D eigenvalue weighted by Gasteiger charge is -2.11. The minimum absolute atomic E-state index is 0.133. The molecule has 0 atom stereocenters. The smallest absolute Gasteiger partial charge is 0.219 e. The van der Waals surface area contributed by atoms with Gasteiger partial charge in [-0.15, -0.1) is 0 Å². The largest absolute Gasteiger partial charge is 0.494 e. The van der Waals surface area contributed by atoms with Gasteiger partial charge < -0.3 is 14.6 Å². The van der Waals surface area contributed by atoms with Gasteiger partial charge in [-0.05, 0) is 61.9 Å². The molecule has 1 aromatic heterocycles. The van der Waals surface area contributed by atoms with Gasteiger partial charge in [0.25, 0.3) is 0 Å². The fourth-order valence-electron chi connectivity index (χ4n) is 3.89. The van der Waals surface area contributed by atoms with Gasteiger partial charge in [-0.3, -0.25) is 4.79 Å². The van der Waals surface area contributed by atoms with Crippen molar-refractivity contribution < 1.29 is 9.53 Å². The highest BCUT2D eigenvalue weighted by molar-refractivity contribution is 5.76. The molecule has 0 saturated heterocycles. The summed E-state index contributed by atoms with van der Waals surface area (Å²) in [5.41, 5.74) is 3.63. The van der Waals surface area contributed by atoms with Gasteiger partial charge in [0.2, 0.25) is 5.91 Å². The van der Waals surface area contributed by atoms with E-state index in [0.29, 0.717) is 6.42 Å². The number of aromatic nitrogens is 2. The molecule has 0 bridgehead atoms. The number of rotatable bonds is 14. The molecular formula is C27H37N3O2. The van der Waals surface area contributed by atoms with Gasteiger partial charge in [0.05, 0.1) is 17.6 Å². The van der Waals surface area contributed by atoms with E-state index in [2.05, 4.69) is 65.3 Å². The molecule has 2 aromatic carbocycles. The first-order valence-electron chi connectivity index (χ1n) is 12.1. The number of imidazole rings is 1. The Morgan fingerprint density at radius 1 is 0.969 bits per heavy atom. The third-order valence-corrected chi connectivity index (χ3v) is 5.83. The SMILES string of the molecule is CCC(=O)NCCCCCc1nc2ccccc2n1CCCCOc1ccc(CC)cc1. The van der Waals surface area contributed by atoms with Crippen LogP contribution in [0.5, 0.6) is 5.75 Å². The maximum atomic E-state index is 11.3. The topological polar surface area (TPSA) is 56.2 Å². The van der Waals surface area contributed by atoms with Crippen molar-refractivity contribution in [1.82, 2.24) is 14.9 Å². The zero-order valence-corrected chi connectivity index (χ0v) is 19.6. The van der Waals surface area contributed by atoms with E-state index in [0.717, 1.165) is 75.9 Å². The second-order valence-corrected chi connectivity index (χ2v) is 8.24. The number of amides is 1. The molecule has 1 amide bonds. The van der Waals surface area contributed by atoms with Crippen LogP contribution < -0.4 is 10.1 Å². The minimum atomic E-state index is 0.133. The van der Waals surface area contributed by atoms with Crippen molar-refractivity contribution in [3.05, 3.63) is 59.9 Å². The minimum Gasteiger partial charge on any atom is -0.494 e. The summed E-state index contributed by atoms with van der Waals surface area (Å²) >= 11 is 0. The Morgan fingerprint density at radius 2 is 1.78 bits per heavy atom. The molecule has 5 nitrogen and oxygen atoms in total. The maximum absolute atomic E-state index is 11.3. The van der Waals surface area contributed by atoms with Crippen LogP contribution in [0.3, 0.4) is 0 Å². The molecule has 3 rings (SSSR count). The normalized spacial score (nSPS) is 11.1. The summed E-state index contributed by atoms with van der Waals surface area (Å²) in [6, 6.07) is 16.8. The number of hydrogen-bond donors (Lipinski definition) is 1. The van der Waals surface area contributed by atoms with Crippen molar-refractivity contribution >= 4 is 16.9 Å². The number of carbonyl (C=O) groups excluding carboxylic acids is 1. The standard InChI is InChI=1S/C27H37N3O2/c1-3-22-15-17-23(18-16-22)32-21-11-10-20-30-25-13-8-7-12-24(25)29-26(30)14-6-5-9-19-28-27(31)4-2/h7-8,12-13,15-18H,3-6,9-11,14,19-21H2,1-2H3,(H,28,31). The third kappa shape index (κ3) is 7.11. The summed E-state index contributed by atoms with van der Waals surface area (Å²) in [7, 11) is 0. The molecule has 0 saturated carbocycles. The number of unbranched alkanes of at least 4 members (excludes halogenated alkanes) is 3. The Morgan fingerprint density at radius 3 is 2.56 bits per heavy atom. The van der Waals surface area contributed by atoms with E-state index < -0.39 is 0 Å². The van der Waals surface area contributed by atoms with Crippen LogP contribution in [-0.4, -0.2) is 28.6 Å². The van der Waals surface area contributed by atoms with Crippen LogP contribution in [-0.2, 0) is 24.2 Å². The number of benzene rings is 2. The number of para-hydroxylation sites is 2. The van der Waals surface area contributed by atoms with Crippen LogP contribution >= 0.6 is 0 Å². The Bertz CT molecular complexity index is 963. The van der Waals surface area contributed by atoms with Crippen LogP contribution in [0.4, 0.5) is 0 Å². The van der Waals surface area contributed by atoms with Gasteiger partial charge in [0.15, 0.2) is 0 Å². The predicted molar refractivity (Wildman–Crippen MR) is 131 cm³/mol. The van der Waals surface area contributed by atoms with Crippen molar-refractivity contribution in [3.8, 4) is 5.75 Å². The maximum Gasteiger partial charge on any atom is 0.219 e. The first kappa shape index (κ1) is 23.8. The number of carbonyl (C=O) groups is 1. The molecule has 0 aliphatic carbocycles. The lowest BCUT2D eigenvalue weighted by Crippen LogP contribution is -2.23. The summed E-state index contributed by atoms with van der Waals surface area (Å²) in [6.45, 7) is 6.51. The summed E-state index contributed by atoms with van der Waals surface area (Å²) in [6.07, 6.45) is 7.85. The molecule has 0 aliphatic rings. The molecule has 0 radical (unpaired) electrons. The van der Waals surface area contributed by atoms with Gasteiger partial charge in [0, 0.05) is 25.9 Å². The van der Waals surface area contributed by atoms with Crippen LogP contribution in [0.1, 0.15) is 63.8 Å². The molecule has 1 N–H and O–H groups in total. The summed E-state index contributed by atoms with van der Waals surface area (Å²) in [4.78, 5) is 16.2. The van der Waals surface area contributed by atoms with Gasteiger partial charge in [-0.25, -0.2) is 4.98 Å². The molecule has 0 unspecified atom stereocenters. The van der Waals surface area contributed by atoms with Crippen molar-refractivity contribution in [2.24, 2.45) is 0 Å². The quantitative estimate of drug-likeness (QED) is 0.331. The second kappa shape index (κ2) is 12.9. The molecule has 0 spiro atoms. The van der Waals surface area contributed by atoms with Crippen molar-refractivity contribution in [1.29, 1.82) is 0 Å². The number of aryl methyl sites for hydroxylation is 3. The zero-order valence-electron chi connectivity index (χ0n) is 19.6. The van der Waals surface area contributed by atoms with Crippen molar-refractivity contribution in [3.63, 3.8) is 0 Å². The summed E-state index contributed by atoms with van der Waals surface area (Å²) in [5, 5.41) is 2.95. The average Bonchev–Trinajstić information content (AvgIpc) is 3.18. The highest BCUT2D eigenvalue weighted by Crippen LogP contribution is 2.19. The molecule has 0 fully saturated rings. The number of nitrogens with one attached hydrogen (secondary N) is 1. The molecule has 0 aliphatic heterocycles. The number of hydrogen-bond acceptors (Lipinski definition) is 3. The van der Waals surface area contributed by atoms with Gasteiger partial charge in [-0.2, -0.15) is 0 Å². The molecular weight excluding hydrogens is 398 g/mol. The molecule has 5 heteroatoms. The van der Waals surface area contributed by atoms with E-state index in [9.17, 15) is 4.79 Å². The van der Waals surface area contributed by atoms with E-state index in [4.69, 9.17) is 9.72 Å². The predicted octanol–water partition coefficient (Wildman–Crippen LogP) is 5.70. The van der Waals surface area contributed by atoms with Crippen LogP contribution in [0, 0.1) is 0 Å². The highest BCUT2D eigenvalue weighted by atomic mass is 16.5. The van der Waals surface area contributed by atoms with Gasteiger partial charge >= 0.3 is 0 Å². The number of ether oxygens (including phenoxy) is 1. The van der Waals surface area contributed by atoms with E-state index in [1.807, 2.05) is 6.92 Å². The zero-order chi connectivity index (χ0) is 22.6. The lowest BCUT2D eigenvalue weighted by atomic mass is 10.2.